The number of benzene rings is 2. The largest absolute Gasteiger partial charge is 0.493 e. The molecule has 3 rings (SSSR count). The Morgan fingerprint density at radius 3 is 2.57 bits per heavy atom. The van der Waals surface area contributed by atoms with E-state index in [1.807, 2.05) is 55.5 Å². The van der Waals surface area contributed by atoms with Crippen LogP contribution in [0.5, 0.6) is 11.5 Å². The van der Waals surface area contributed by atoms with Crippen molar-refractivity contribution in [3.63, 3.8) is 0 Å². The van der Waals surface area contributed by atoms with Gasteiger partial charge in [-0.2, -0.15) is 0 Å². The van der Waals surface area contributed by atoms with Gasteiger partial charge in [-0.05, 0) is 37.1 Å². The summed E-state index contributed by atoms with van der Waals surface area (Å²) in [5.41, 5.74) is 2.74. The first-order valence-electron chi connectivity index (χ1n) is 9.72. The Kier molecular flexibility index (Phi) is 7.82. The van der Waals surface area contributed by atoms with E-state index in [1.165, 1.54) is 11.3 Å². The highest BCUT2D eigenvalue weighted by atomic mass is 32.1. The second-order valence-corrected chi connectivity index (χ2v) is 7.65. The highest BCUT2D eigenvalue weighted by Gasteiger charge is 2.17. The summed E-state index contributed by atoms with van der Waals surface area (Å²) in [7, 11) is 3.19. The number of thiazole rings is 1. The number of rotatable bonds is 10. The van der Waals surface area contributed by atoms with Gasteiger partial charge in [0.1, 0.15) is 9.88 Å². The van der Waals surface area contributed by atoms with Gasteiger partial charge in [-0.25, -0.2) is 4.98 Å². The topological polar surface area (TPSA) is 69.7 Å². The van der Waals surface area contributed by atoms with E-state index in [-0.39, 0.29) is 5.91 Å². The van der Waals surface area contributed by atoms with Crippen LogP contribution >= 0.6 is 11.3 Å². The summed E-state index contributed by atoms with van der Waals surface area (Å²) >= 11 is 1.37. The highest BCUT2D eigenvalue weighted by Crippen LogP contribution is 2.34. The first-order chi connectivity index (χ1) is 14.6. The maximum atomic E-state index is 12.6. The minimum atomic E-state index is -0.111. The Bertz CT molecular complexity index is 973. The van der Waals surface area contributed by atoms with Crippen LogP contribution in [0.15, 0.2) is 48.5 Å². The van der Waals surface area contributed by atoms with E-state index in [9.17, 15) is 4.79 Å². The standard InChI is InChI=1S/C23H26N2O4S/c1-16-21(22(26)24-12-7-13-29-15-17-8-5-4-6-9-17)30-23(25-16)18-10-11-19(27-2)20(14-18)28-3/h4-6,8-11,14H,7,12-13,15H2,1-3H3,(H,24,26). The van der Waals surface area contributed by atoms with E-state index < -0.39 is 0 Å². The van der Waals surface area contributed by atoms with Crippen LogP contribution in [0.1, 0.15) is 27.3 Å². The minimum Gasteiger partial charge on any atom is -0.493 e. The third-order valence-electron chi connectivity index (χ3n) is 4.50. The lowest BCUT2D eigenvalue weighted by molar-refractivity contribution is 0.0937. The summed E-state index contributed by atoms with van der Waals surface area (Å²) in [6, 6.07) is 15.6. The van der Waals surface area contributed by atoms with E-state index in [2.05, 4.69) is 10.3 Å². The molecule has 0 saturated heterocycles. The summed E-state index contributed by atoms with van der Waals surface area (Å²) < 4.78 is 16.3. The van der Waals surface area contributed by atoms with Crippen molar-refractivity contribution in [2.45, 2.75) is 20.0 Å². The number of aryl methyl sites for hydroxylation is 1. The molecule has 30 heavy (non-hydrogen) atoms. The number of carbonyl (C=O) groups is 1. The van der Waals surface area contributed by atoms with Crippen LogP contribution in [0.25, 0.3) is 10.6 Å². The number of carbonyl (C=O) groups excluding carboxylic acids is 1. The Morgan fingerprint density at radius 2 is 1.83 bits per heavy atom. The van der Waals surface area contributed by atoms with Gasteiger partial charge in [-0.1, -0.05) is 30.3 Å². The summed E-state index contributed by atoms with van der Waals surface area (Å²) in [6.07, 6.45) is 0.749. The molecule has 2 aromatic carbocycles. The molecule has 7 heteroatoms. The molecule has 0 unspecified atom stereocenters. The molecule has 0 bridgehead atoms. The molecule has 0 saturated carbocycles. The fourth-order valence-electron chi connectivity index (χ4n) is 2.92. The Balaban J connectivity index is 1.51. The minimum absolute atomic E-state index is 0.111. The quantitative estimate of drug-likeness (QED) is 0.484. The van der Waals surface area contributed by atoms with Crippen molar-refractivity contribution in [1.82, 2.24) is 10.3 Å². The first-order valence-corrected chi connectivity index (χ1v) is 10.5. The number of nitrogens with one attached hydrogen (secondary N) is 1. The smallest absolute Gasteiger partial charge is 0.263 e. The third kappa shape index (κ3) is 5.58. The molecule has 0 aliphatic carbocycles. The Hall–Kier alpha value is -2.90. The van der Waals surface area contributed by atoms with E-state index >= 15 is 0 Å². The number of ether oxygens (including phenoxy) is 3. The number of hydrogen-bond acceptors (Lipinski definition) is 6. The van der Waals surface area contributed by atoms with Gasteiger partial charge in [-0.15, -0.1) is 11.3 Å². The molecule has 0 fully saturated rings. The monoisotopic (exact) mass is 426 g/mol. The van der Waals surface area contributed by atoms with E-state index in [0.717, 1.165) is 22.6 Å². The van der Waals surface area contributed by atoms with Gasteiger partial charge in [0.25, 0.3) is 5.91 Å². The molecule has 0 aliphatic rings. The van der Waals surface area contributed by atoms with Gasteiger partial charge in [0, 0.05) is 18.7 Å². The summed E-state index contributed by atoms with van der Waals surface area (Å²) in [5.74, 6) is 1.17. The average molecular weight is 427 g/mol. The fraction of sp³-hybridized carbons (Fsp3) is 0.304. The molecule has 0 spiro atoms. The lowest BCUT2D eigenvalue weighted by atomic mass is 10.2. The van der Waals surface area contributed by atoms with Gasteiger partial charge in [0.05, 0.1) is 26.5 Å². The number of methoxy groups -OCH3 is 2. The summed E-state index contributed by atoms with van der Waals surface area (Å²) in [6.45, 7) is 3.57. The highest BCUT2D eigenvalue weighted by molar-refractivity contribution is 7.17. The zero-order valence-corrected chi connectivity index (χ0v) is 18.3. The van der Waals surface area contributed by atoms with Gasteiger partial charge in [-0.3, -0.25) is 4.79 Å². The zero-order valence-electron chi connectivity index (χ0n) is 17.4. The van der Waals surface area contributed by atoms with Crippen LogP contribution in [0.3, 0.4) is 0 Å². The predicted molar refractivity (Wildman–Crippen MR) is 118 cm³/mol. The number of hydrogen-bond donors (Lipinski definition) is 1. The van der Waals surface area contributed by atoms with Gasteiger partial charge >= 0.3 is 0 Å². The molecule has 6 nitrogen and oxygen atoms in total. The molecule has 1 aromatic heterocycles. The number of aromatic nitrogens is 1. The molecule has 158 valence electrons. The SMILES string of the molecule is COc1ccc(-c2nc(C)c(C(=O)NCCCOCc3ccccc3)s2)cc1OC. The van der Waals surface area contributed by atoms with Crippen molar-refractivity contribution >= 4 is 17.2 Å². The zero-order chi connectivity index (χ0) is 21.3. The molecular formula is C23H26N2O4S. The van der Waals surface area contributed by atoms with Crippen molar-refractivity contribution < 1.29 is 19.0 Å². The maximum absolute atomic E-state index is 12.6. The van der Waals surface area contributed by atoms with Crippen molar-refractivity contribution in [3.05, 3.63) is 64.7 Å². The molecule has 0 atom stereocenters. The third-order valence-corrected chi connectivity index (χ3v) is 5.70. The van der Waals surface area contributed by atoms with Gasteiger partial charge < -0.3 is 19.5 Å². The molecular weight excluding hydrogens is 400 g/mol. The van der Waals surface area contributed by atoms with Crippen LogP contribution in [0.2, 0.25) is 0 Å². The second kappa shape index (κ2) is 10.8. The van der Waals surface area contributed by atoms with Gasteiger partial charge in [0.2, 0.25) is 0 Å². The normalized spacial score (nSPS) is 10.6. The predicted octanol–water partition coefficient (Wildman–Crippen LogP) is 4.47. The van der Waals surface area contributed by atoms with E-state index in [1.54, 1.807) is 14.2 Å². The van der Waals surface area contributed by atoms with Crippen LogP contribution in [0, 0.1) is 6.92 Å². The van der Waals surface area contributed by atoms with Crippen molar-refractivity contribution in [2.24, 2.45) is 0 Å². The number of nitrogens with zero attached hydrogens (tertiary/aromatic N) is 1. The van der Waals surface area contributed by atoms with Crippen LogP contribution in [-0.2, 0) is 11.3 Å². The average Bonchev–Trinajstić information content (AvgIpc) is 3.17. The fourth-order valence-corrected chi connectivity index (χ4v) is 3.90. The van der Waals surface area contributed by atoms with E-state index in [0.29, 0.717) is 41.8 Å². The lowest BCUT2D eigenvalue weighted by Gasteiger charge is -2.08. The Labute approximate surface area is 180 Å². The van der Waals surface area contributed by atoms with Crippen LogP contribution in [-0.4, -0.2) is 38.3 Å². The second-order valence-electron chi connectivity index (χ2n) is 6.65. The van der Waals surface area contributed by atoms with Crippen LogP contribution < -0.4 is 14.8 Å². The first kappa shape index (κ1) is 21.8. The molecule has 1 amide bonds. The van der Waals surface area contributed by atoms with E-state index in [4.69, 9.17) is 14.2 Å². The van der Waals surface area contributed by atoms with Crippen molar-refractivity contribution in [2.75, 3.05) is 27.4 Å². The van der Waals surface area contributed by atoms with Crippen LogP contribution in [0.4, 0.5) is 0 Å². The lowest BCUT2D eigenvalue weighted by Crippen LogP contribution is -2.25. The number of amides is 1. The van der Waals surface area contributed by atoms with Gasteiger partial charge in [0.15, 0.2) is 11.5 Å². The van der Waals surface area contributed by atoms with Crippen molar-refractivity contribution in [1.29, 1.82) is 0 Å². The maximum Gasteiger partial charge on any atom is 0.263 e. The van der Waals surface area contributed by atoms with Crippen molar-refractivity contribution in [3.8, 4) is 22.1 Å². The summed E-state index contributed by atoms with van der Waals surface area (Å²) in [4.78, 5) is 17.7. The molecule has 0 aliphatic heterocycles. The molecule has 1 heterocycles. The molecule has 0 radical (unpaired) electrons. The summed E-state index contributed by atoms with van der Waals surface area (Å²) in [5, 5.41) is 3.72. The molecule has 3 aromatic rings. The molecule has 1 N–H and O–H groups in total. The Morgan fingerprint density at radius 1 is 1.07 bits per heavy atom.